The van der Waals surface area contributed by atoms with Crippen LogP contribution < -0.4 is 10.6 Å². The van der Waals surface area contributed by atoms with Gasteiger partial charge in [0.25, 0.3) is 0 Å². The third-order valence-electron chi connectivity index (χ3n) is 1.98. The van der Waals surface area contributed by atoms with Crippen LogP contribution in [0.25, 0.3) is 0 Å². The lowest BCUT2D eigenvalue weighted by atomic mass is 10.1. The van der Waals surface area contributed by atoms with Crippen LogP contribution in [0.5, 0.6) is 0 Å². The van der Waals surface area contributed by atoms with E-state index in [1.807, 2.05) is 0 Å². The first-order valence-electron chi connectivity index (χ1n) is 4.26. The SMILES string of the molecule is C#CCNC1CCCNC(=O)C1. The van der Waals surface area contributed by atoms with Gasteiger partial charge in [-0.05, 0) is 12.8 Å². The largest absolute Gasteiger partial charge is 0.356 e. The van der Waals surface area contributed by atoms with Gasteiger partial charge < -0.3 is 10.6 Å². The van der Waals surface area contributed by atoms with Crippen LogP contribution in [0.3, 0.4) is 0 Å². The van der Waals surface area contributed by atoms with Gasteiger partial charge in [0, 0.05) is 19.0 Å². The maximum atomic E-state index is 11.1. The summed E-state index contributed by atoms with van der Waals surface area (Å²) < 4.78 is 0. The fourth-order valence-corrected chi connectivity index (χ4v) is 1.35. The Balaban J connectivity index is 2.32. The number of terminal acetylenes is 1. The lowest BCUT2D eigenvalue weighted by Gasteiger charge is -2.11. The molecule has 0 radical (unpaired) electrons. The lowest BCUT2D eigenvalue weighted by molar-refractivity contribution is -0.121. The van der Waals surface area contributed by atoms with Crippen LogP contribution in [0.1, 0.15) is 19.3 Å². The fraction of sp³-hybridized carbons (Fsp3) is 0.667. The minimum Gasteiger partial charge on any atom is -0.356 e. The van der Waals surface area contributed by atoms with Gasteiger partial charge in [-0.1, -0.05) is 5.92 Å². The summed E-state index contributed by atoms with van der Waals surface area (Å²) in [5, 5.41) is 5.97. The summed E-state index contributed by atoms with van der Waals surface area (Å²) in [5.41, 5.74) is 0. The van der Waals surface area contributed by atoms with Gasteiger partial charge in [-0.25, -0.2) is 0 Å². The van der Waals surface area contributed by atoms with Crippen molar-refractivity contribution in [2.45, 2.75) is 25.3 Å². The van der Waals surface area contributed by atoms with Crippen molar-refractivity contribution in [2.75, 3.05) is 13.1 Å². The number of amides is 1. The summed E-state index contributed by atoms with van der Waals surface area (Å²) in [4.78, 5) is 11.1. The number of carbonyl (C=O) groups excluding carboxylic acids is 1. The number of carbonyl (C=O) groups is 1. The zero-order valence-corrected chi connectivity index (χ0v) is 7.10. The Labute approximate surface area is 72.9 Å². The Hall–Kier alpha value is -1.01. The van der Waals surface area contributed by atoms with Crippen LogP contribution in [-0.2, 0) is 4.79 Å². The van der Waals surface area contributed by atoms with Crippen molar-refractivity contribution in [1.82, 2.24) is 10.6 Å². The predicted molar refractivity (Wildman–Crippen MR) is 47.5 cm³/mol. The van der Waals surface area contributed by atoms with Gasteiger partial charge in [0.2, 0.25) is 5.91 Å². The second-order valence-corrected chi connectivity index (χ2v) is 2.98. The van der Waals surface area contributed by atoms with E-state index in [1.165, 1.54) is 0 Å². The highest BCUT2D eigenvalue weighted by Gasteiger charge is 2.15. The van der Waals surface area contributed by atoms with Crippen molar-refractivity contribution in [3.05, 3.63) is 0 Å². The quantitative estimate of drug-likeness (QED) is 0.561. The Morgan fingerprint density at radius 2 is 2.58 bits per heavy atom. The Morgan fingerprint density at radius 1 is 1.75 bits per heavy atom. The monoisotopic (exact) mass is 166 g/mol. The van der Waals surface area contributed by atoms with E-state index < -0.39 is 0 Å². The molecule has 1 aliphatic heterocycles. The van der Waals surface area contributed by atoms with Gasteiger partial charge in [-0.2, -0.15) is 0 Å². The van der Waals surface area contributed by atoms with E-state index >= 15 is 0 Å². The molecular weight excluding hydrogens is 152 g/mol. The highest BCUT2D eigenvalue weighted by molar-refractivity contribution is 5.76. The molecule has 3 nitrogen and oxygen atoms in total. The summed E-state index contributed by atoms with van der Waals surface area (Å²) in [6.45, 7) is 1.35. The summed E-state index contributed by atoms with van der Waals surface area (Å²) in [7, 11) is 0. The van der Waals surface area contributed by atoms with Crippen molar-refractivity contribution < 1.29 is 4.79 Å². The molecule has 3 heteroatoms. The first-order chi connectivity index (χ1) is 5.83. The maximum Gasteiger partial charge on any atom is 0.221 e. The van der Waals surface area contributed by atoms with Crippen molar-refractivity contribution in [3.8, 4) is 12.3 Å². The Kier molecular flexibility index (Phi) is 3.62. The Bertz CT molecular complexity index is 195. The minimum atomic E-state index is 0.127. The standard InChI is InChI=1S/C9H14N2O/c1-2-5-10-8-4-3-6-11-9(12)7-8/h1,8,10H,3-7H2,(H,11,12). The topological polar surface area (TPSA) is 41.1 Å². The average molecular weight is 166 g/mol. The van der Waals surface area contributed by atoms with E-state index in [4.69, 9.17) is 6.42 Å². The molecule has 0 spiro atoms. The second-order valence-electron chi connectivity index (χ2n) is 2.98. The zero-order chi connectivity index (χ0) is 8.81. The summed E-state index contributed by atoms with van der Waals surface area (Å²) >= 11 is 0. The second kappa shape index (κ2) is 4.78. The molecule has 1 aliphatic rings. The predicted octanol–water partition coefficient (Wildman–Crippen LogP) is -0.122. The molecule has 66 valence electrons. The van der Waals surface area contributed by atoms with Crippen LogP contribution in [0.4, 0.5) is 0 Å². The van der Waals surface area contributed by atoms with Gasteiger partial charge >= 0.3 is 0 Å². The molecule has 0 saturated carbocycles. The van der Waals surface area contributed by atoms with Crippen LogP contribution in [0.15, 0.2) is 0 Å². The highest BCUT2D eigenvalue weighted by Crippen LogP contribution is 2.04. The Morgan fingerprint density at radius 3 is 3.33 bits per heavy atom. The molecule has 1 unspecified atom stereocenters. The summed E-state index contributed by atoms with van der Waals surface area (Å²) in [6.07, 6.45) is 7.73. The molecule has 2 N–H and O–H groups in total. The van der Waals surface area contributed by atoms with Crippen molar-refractivity contribution in [1.29, 1.82) is 0 Å². The molecule has 1 heterocycles. The zero-order valence-electron chi connectivity index (χ0n) is 7.10. The lowest BCUT2D eigenvalue weighted by Crippen LogP contribution is -2.32. The third kappa shape index (κ3) is 2.93. The van der Waals surface area contributed by atoms with Gasteiger partial charge in [-0.3, -0.25) is 4.79 Å². The summed E-state index contributed by atoms with van der Waals surface area (Å²) in [6, 6.07) is 0.267. The van der Waals surface area contributed by atoms with Gasteiger partial charge in [-0.15, -0.1) is 6.42 Å². The number of rotatable bonds is 2. The van der Waals surface area contributed by atoms with Gasteiger partial charge in [0.15, 0.2) is 0 Å². The molecule has 0 aliphatic carbocycles. The van der Waals surface area contributed by atoms with Crippen molar-refractivity contribution >= 4 is 5.91 Å². The van der Waals surface area contributed by atoms with E-state index in [1.54, 1.807) is 0 Å². The number of hydrogen-bond donors (Lipinski definition) is 2. The van der Waals surface area contributed by atoms with E-state index in [9.17, 15) is 4.79 Å². The molecule has 1 saturated heterocycles. The molecule has 0 aromatic heterocycles. The van der Waals surface area contributed by atoms with Crippen LogP contribution >= 0.6 is 0 Å². The molecule has 1 rings (SSSR count). The van der Waals surface area contributed by atoms with E-state index in [-0.39, 0.29) is 11.9 Å². The molecule has 0 aromatic rings. The van der Waals surface area contributed by atoms with Crippen LogP contribution in [-0.4, -0.2) is 25.0 Å². The number of hydrogen-bond acceptors (Lipinski definition) is 2. The smallest absolute Gasteiger partial charge is 0.221 e. The third-order valence-corrected chi connectivity index (χ3v) is 1.98. The maximum absolute atomic E-state index is 11.1. The molecule has 1 fully saturated rings. The van der Waals surface area contributed by atoms with Gasteiger partial charge in [0.1, 0.15) is 0 Å². The van der Waals surface area contributed by atoms with E-state index in [0.29, 0.717) is 13.0 Å². The normalized spacial score (nSPS) is 23.9. The van der Waals surface area contributed by atoms with Crippen LogP contribution in [0, 0.1) is 12.3 Å². The van der Waals surface area contributed by atoms with Crippen molar-refractivity contribution in [2.24, 2.45) is 0 Å². The molecule has 12 heavy (non-hydrogen) atoms. The minimum absolute atomic E-state index is 0.127. The molecule has 0 aromatic carbocycles. The number of nitrogens with one attached hydrogen (secondary N) is 2. The molecule has 1 amide bonds. The molecular formula is C9H14N2O. The first-order valence-corrected chi connectivity index (χ1v) is 4.26. The van der Waals surface area contributed by atoms with Gasteiger partial charge in [0.05, 0.1) is 6.54 Å². The molecule has 1 atom stereocenters. The first kappa shape index (κ1) is 9.08. The summed E-state index contributed by atoms with van der Waals surface area (Å²) in [5.74, 6) is 2.63. The molecule has 0 bridgehead atoms. The fourth-order valence-electron chi connectivity index (χ4n) is 1.35. The van der Waals surface area contributed by atoms with E-state index in [2.05, 4.69) is 16.6 Å². The highest BCUT2D eigenvalue weighted by atomic mass is 16.1. The average Bonchev–Trinajstić information content (AvgIpc) is 2.26. The van der Waals surface area contributed by atoms with Crippen molar-refractivity contribution in [3.63, 3.8) is 0 Å². The van der Waals surface area contributed by atoms with Crippen LogP contribution in [0.2, 0.25) is 0 Å². The van der Waals surface area contributed by atoms with E-state index in [0.717, 1.165) is 19.4 Å².